The van der Waals surface area contributed by atoms with Crippen molar-refractivity contribution in [2.24, 2.45) is 16.1 Å². The number of alkyl halides is 3. The van der Waals surface area contributed by atoms with Crippen LogP contribution >= 0.6 is 11.8 Å². The van der Waals surface area contributed by atoms with Crippen molar-refractivity contribution in [2.45, 2.75) is 61.5 Å². The van der Waals surface area contributed by atoms with Crippen LogP contribution in [0, 0.1) is 0 Å². The topological polar surface area (TPSA) is 158 Å². The van der Waals surface area contributed by atoms with E-state index in [2.05, 4.69) is 31.0 Å². The summed E-state index contributed by atoms with van der Waals surface area (Å²) in [7, 11) is 0. The van der Waals surface area contributed by atoms with Crippen LogP contribution in [0.15, 0.2) is 28.4 Å². The van der Waals surface area contributed by atoms with Gasteiger partial charge in [-0.25, -0.2) is 10.7 Å². The Morgan fingerprint density at radius 2 is 1.88 bits per heavy atom. The Hall–Kier alpha value is -2.66. The molecule has 4 rings (SSSR count). The fourth-order valence-corrected chi connectivity index (χ4v) is 6.26. The molecule has 0 bridgehead atoms. The number of carbonyl (C=O) groups is 2. The molecule has 3 aliphatic heterocycles. The van der Waals surface area contributed by atoms with Crippen molar-refractivity contribution in [1.29, 1.82) is 0 Å². The van der Waals surface area contributed by atoms with Gasteiger partial charge in [-0.05, 0) is 18.9 Å². The van der Waals surface area contributed by atoms with Gasteiger partial charge in [0.25, 0.3) is 0 Å². The highest BCUT2D eigenvalue weighted by atomic mass is 32.2. The van der Waals surface area contributed by atoms with Crippen LogP contribution < -0.4 is 26.6 Å². The molecule has 41 heavy (non-hydrogen) atoms. The summed E-state index contributed by atoms with van der Waals surface area (Å²) in [5, 5.41) is 15.5. The summed E-state index contributed by atoms with van der Waals surface area (Å²) in [6, 6.07) is 4.25. The number of ether oxygens (including phenoxy) is 3. The van der Waals surface area contributed by atoms with Crippen LogP contribution in [0.2, 0.25) is 0 Å². The number of urea groups is 1. The Balaban J connectivity index is 1.01. The summed E-state index contributed by atoms with van der Waals surface area (Å²) in [6.45, 7) is 1.53. The van der Waals surface area contributed by atoms with Crippen LogP contribution in [-0.4, -0.2) is 80.8 Å². The van der Waals surface area contributed by atoms with E-state index in [0.717, 1.165) is 25.0 Å². The first-order valence-corrected chi connectivity index (χ1v) is 14.5. The van der Waals surface area contributed by atoms with Crippen LogP contribution in [0.25, 0.3) is 0 Å². The van der Waals surface area contributed by atoms with E-state index in [4.69, 9.17) is 20.1 Å². The zero-order valence-electron chi connectivity index (χ0n) is 22.4. The second-order valence-electron chi connectivity index (χ2n) is 9.79. The van der Waals surface area contributed by atoms with Gasteiger partial charge >= 0.3 is 17.9 Å². The molecule has 3 amide bonds. The van der Waals surface area contributed by atoms with E-state index >= 15 is 0 Å². The zero-order valence-corrected chi connectivity index (χ0v) is 23.2. The lowest BCUT2D eigenvalue weighted by molar-refractivity contribution is -0.166. The van der Waals surface area contributed by atoms with Gasteiger partial charge < -0.3 is 30.2 Å². The number of amides is 3. The second kappa shape index (κ2) is 14.5. The molecular formula is C25H35F3N6O6S. The average molecular weight is 605 g/mol. The van der Waals surface area contributed by atoms with Crippen molar-refractivity contribution in [3.05, 3.63) is 29.3 Å². The van der Waals surface area contributed by atoms with Crippen LogP contribution in [0.4, 0.5) is 18.0 Å². The lowest BCUT2D eigenvalue weighted by atomic mass is 10.0. The zero-order chi connectivity index (χ0) is 29.3. The Labute approximate surface area is 239 Å². The standard InChI is InChI=1S/C25H35F3N6O6S/c26-25(27,28)24(33-34-24)17-6-5-16(14-40-29)19(13-17)39-12-11-38-10-9-37-8-7-30-21(35)4-2-1-3-20-22-18(15-41-20)31-23(36)32-22/h5-6,13,18,20,22H,1-4,7-12,14-15,29H2,(H,30,35)(H2,31,32,36)/t18-,20-,22-/m0/s1. The first kappa shape index (κ1) is 31.3. The molecule has 2 saturated heterocycles. The maximum atomic E-state index is 13.3. The van der Waals surface area contributed by atoms with Crippen LogP contribution in [0.5, 0.6) is 5.75 Å². The number of nitrogens with zero attached hydrogens (tertiary/aromatic N) is 2. The number of fused-ring (bicyclic) bond motifs is 1. The molecule has 16 heteroatoms. The Bertz CT molecular complexity index is 1070. The molecule has 5 N–H and O–H groups in total. The van der Waals surface area contributed by atoms with Crippen molar-refractivity contribution in [1.82, 2.24) is 16.0 Å². The van der Waals surface area contributed by atoms with E-state index < -0.39 is 11.8 Å². The molecule has 1 aromatic carbocycles. The van der Waals surface area contributed by atoms with Gasteiger partial charge in [0.1, 0.15) is 12.4 Å². The number of rotatable bonds is 18. The summed E-state index contributed by atoms with van der Waals surface area (Å²) in [5.41, 5.74) is -2.23. The highest BCUT2D eigenvalue weighted by Crippen LogP contribution is 2.53. The minimum absolute atomic E-state index is 0.0246. The predicted molar refractivity (Wildman–Crippen MR) is 142 cm³/mol. The minimum atomic E-state index is -4.64. The van der Waals surface area contributed by atoms with Crippen LogP contribution in [0.1, 0.15) is 36.8 Å². The normalized spacial score (nSPS) is 22.2. The quantitative estimate of drug-likeness (QED) is 0.113. The lowest BCUT2D eigenvalue weighted by Gasteiger charge is -2.17. The van der Waals surface area contributed by atoms with Gasteiger partial charge in [0.05, 0.1) is 45.1 Å². The third-order valence-corrected chi connectivity index (χ3v) is 8.42. The summed E-state index contributed by atoms with van der Waals surface area (Å²) in [6.07, 6.45) is -1.51. The first-order chi connectivity index (χ1) is 19.7. The lowest BCUT2D eigenvalue weighted by Crippen LogP contribution is -2.36. The molecule has 0 saturated carbocycles. The summed E-state index contributed by atoms with van der Waals surface area (Å²) < 4.78 is 56.5. The van der Waals surface area contributed by atoms with Crippen molar-refractivity contribution < 1.29 is 41.8 Å². The number of nitrogens with one attached hydrogen (secondary N) is 3. The van der Waals surface area contributed by atoms with Crippen molar-refractivity contribution in [3.63, 3.8) is 0 Å². The Morgan fingerprint density at radius 1 is 1.12 bits per heavy atom. The highest BCUT2D eigenvalue weighted by Gasteiger charge is 2.65. The average Bonchev–Trinajstić information content (AvgIpc) is 3.57. The van der Waals surface area contributed by atoms with E-state index in [-0.39, 0.29) is 61.8 Å². The molecule has 0 aliphatic carbocycles. The van der Waals surface area contributed by atoms with Gasteiger partial charge in [-0.1, -0.05) is 18.6 Å². The third-order valence-electron chi connectivity index (χ3n) is 6.91. The maximum Gasteiger partial charge on any atom is 0.442 e. The fraction of sp³-hybridized carbons (Fsp3) is 0.680. The van der Waals surface area contributed by atoms with E-state index in [9.17, 15) is 22.8 Å². The minimum Gasteiger partial charge on any atom is -0.491 e. The monoisotopic (exact) mass is 604 g/mol. The number of hydrogen-bond donors (Lipinski definition) is 4. The van der Waals surface area contributed by atoms with Crippen molar-refractivity contribution >= 4 is 23.7 Å². The Kier molecular flexibility index (Phi) is 11.1. The molecule has 12 nitrogen and oxygen atoms in total. The van der Waals surface area contributed by atoms with E-state index in [0.29, 0.717) is 37.0 Å². The summed E-state index contributed by atoms with van der Waals surface area (Å²) in [4.78, 5) is 28.1. The van der Waals surface area contributed by atoms with E-state index in [1.54, 1.807) is 0 Å². The van der Waals surface area contributed by atoms with Gasteiger partial charge in [0.2, 0.25) is 5.91 Å². The molecule has 0 aromatic heterocycles. The highest BCUT2D eigenvalue weighted by molar-refractivity contribution is 8.00. The molecule has 2 fully saturated rings. The predicted octanol–water partition coefficient (Wildman–Crippen LogP) is 2.51. The Morgan fingerprint density at radius 3 is 2.61 bits per heavy atom. The largest absolute Gasteiger partial charge is 0.491 e. The van der Waals surface area contributed by atoms with Gasteiger partial charge in [0.15, 0.2) is 0 Å². The van der Waals surface area contributed by atoms with E-state index in [1.807, 2.05) is 11.8 Å². The van der Waals surface area contributed by atoms with Gasteiger partial charge in [-0.15, -0.1) is 10.2 Å². The van der Waals surface area contributed by atoms with E-state index in [1.165, 1.54) is 18.2 Å². The molecule has 0 radical (unpaired) electrons. The maximum absolute atomic E-state index is 13.3. The van der Waals surface area contributed by atoms with Crippen LogP contribution in [0.3, 0.4) is 0 Å². The number of nitrogens with two attached hydrogens (primary N) is 1. The number of thioether (sulfide) groups is 1. The summed E-state index contributed by atoms with van der Waals surface area (Å²) >= 11 is 1.87. The number of benzene rings is 1. The van der Waals surface area contributed by atoms with Gasteiger partial charge in [0, 0.05) is 35.1 Å². The number of hydrogen-bond acceptors (Lipinski definition) is 10. The fourth-order valence-electron chi connectivity index (χ4n) is 4.71. The van der Waals surface area contributed by atoms with Crippen molar-refractivity contribution in [3.8, 4) is 5.75 Å². The van der Waals surface area contributed by atoms with Crippen molar-refractivity contribution in [2.75, 3.05) is 45.3 Å². The molecule has 0 spiro atoms. The molecule has 0 unspecified atom stereocenters. The third kappa shape index (κ3) is 8.44. The smallest absolute Gasteiger partial charge is 0.442 e. The summed E-state index contributed by atoms with van der Waals surface area (Å²) in [5.74, 6) is 6.19. The SMILES string of the molecule is NOCc1ccc(C2(C(F)(F)F)N=N2)cc1OCCOCCOCCNC(=O)CCCC[C@@H]1SC[C@@H]2NC(=O)N[C@@H]21. The van der Waals surface area contributed by atoms with Gasteiger partial charge in [-0.2, -0.15) is 24.9 Å². The first-order valence-electron chi connectivity index (χ1n) is 13.4. The number of unbranched alkanes of at least 4 members (excludes halogenated alkanes) is 1. The second-order valence-corrected chi connectivity index (χ2v) is 11.1. The molecule has 3 aliphatic rings. The number of halogens is 3. The molecule has 3 atom stereocenters. The molecule has 228 valence electrons. The van der Waals surface area contributed by atoms with Gasteiger partial charge in [-0.3, -0.25) is 9.63 Å². The molecular weight excluding hydrogens is 569 g/mol. The van der Waals surface area contributed by atoms with Crippen LogP contribution in [-0.2, 0) is 31.4 Å². The number of carbonyl (C=O) groups excluding carboxylic acids is 2. The molecule has 1 aromatic rings. The molecule has 3 heterocycles.